The van der Waals surface area contributed by atoms with E-state index in [4.69, 9.17) is 0 Å². The van der Waals surface area contributed by atoms with Gasteiger partial charge in [0.05, 0.1) is 11.5 Å². The molecule has 2 heterocycles. The van der Waals surface area contributed by atoms with Crippen molar-refractivity contribution in [3.63, 3.8) is 0 Å². The Labute approximate surface area is 147 Å². The molecule has 1 atom stereocenters. The monoisotopic (exact) mass is 359 g/mol. The lowest BCUT2D eigenvalue weighted by atomic mass is 10.2. The molecule has 25 heavy (non-hydrogen) atoms. The number of hydrogen-bond acceptors (Lipinski definition) is 5. The van der Waals surface area contributed by atoms with Crippen molar-refractivity contribution in [2.45, 2.75) is 19.0 Å². The molecular weight excluding hydrogens is 338 g/mol. The van der Waals surface area contributed by atoms with Crippen LogP contribution in [0.5, 0.6) is 0 Å². The van der Waals surface area contributed by atoms with E-state index in [1.807, 2.05) is 30.3 Å². The van der Waals surface area contributed by atoms with E-state index in [9.17, 15) is 13.2 Å². The SMILES string of the molecule is CN(Cc1ccccc1)C(=O)c1ccnc(NC2CCS(=O)(=O)C2)c1. The highest BCUT2D eigenvalue weighted by Crippen LogP contribution is 2.17. The standard InChI is InChI=1S/C18H21N3O3S/c1-21(12-14-5-3-2-4-6-14)18(22)15-7-9-19-17(11-15)20-16-8-10-25(23,24)13-16/h2-7,9,11,16H,8,10,12-13H2,1H3,(H,19,20). The molecule has 1 saturated heterocycles. The van der Waals surface area contributed by atoms with Gasteiger partial charge in [0.1, 0.15) is 5.82 Å². The molecule has 1 amide bonds. The van der Waals surface area contributed by atoms with Crippen LogP contribution in [0.1, 0.15) is 22.3 Å². The fourth-order valence-corrected chi connectivity index (χ4v) is 4.58. The van der Waals surface area contributed by atoms with Gasteiger partial charge in [-0.2, -0.15) is 0 Å². The lowest BCUT2D eigenvalue weighted by Crippen LogP contribution is -2.26. The number of carbonyl (C=O) groups excluding carboxylic acids is 1. The highest BCUT2D eigenvalue weighted by atomic mass is 32.2. The first-order chi connectivity index (χ1) is 11.9. The molecule has 132 valence electrons. The van der Waals surface area contributed by atoms with Gasteiger partial charge in [0.2, 0.25) is 0 Å². The predicted octanol–water partition coefficient (Wildman–Crippen LogP) is 1.95. The van der Waals surface area contributed by atoms with Gasteiger partial charge in [-0.1, -0.05) is 30.3 Å². The molecule has 1 fully saturated rings. The average molecular weight is 359 g/mol. The molecule has 1 N–H and O–H groups in total. The summed E-state index contributed by atoms with van der Waals surface area (Å²) < 4.78 is 23.1. The Morgan fingerprint density at radius 2 is 2.04 bits per heavy atom. The molecule has 0 spiro atoms. The predicted molar refractivity (Wildman–Crippen MR) is 97.2 cm³/mol. The van der Waals surface area contributed by atoms with Gasteiger partial charge < -0.3 is 10.2 Å². The molecule has 2 aromatic rings. The van der Waals surface area contributed by atoms with Crippen molar-refractivity contribution in [2.24, 2.45) is 0 Å². The Kier molecular flexibility index (Phi) is 5.03. The molecule has 3 rings (SSSR count). The average Bonchev–Trinajstić information content (AvgIpc) is 2.94. The van der Waals surface area contributed by atoms with Crippen LogP contribution in [0.2, 0.25) is 0 Å². The van der Waals surface area contributed by atoms with Crippen LogP contribution in [-0.4, -0.2) is 48.8 Å². The second-order valence-corrected chi connectivity index (χ2v) is 8.55. The summed E-state index contributed by atoms with van der Waals surface area (Å²) >= 11 is 0. The van der Waals surface area contributed by atoms with Gasteiger partial charge in [-0.15, -0.1) is 0 Å². The molecule has 0 radical (unpaired) electrons. The van der Waals surface area contributed by atoms with Crippen LogP contribution in [0.3, 0.4) is 0 Å². The van der Waals surface area contributed by atoms with Crippen LogP contribution in [0.25, 0.3) is 0 Å². The molecule has 0 aliphatic carbocycles. The zero-order valence-electron chi connectivity index (χ0n) is 14.1. The number of aromatic nitrogens is 1. The third kappa shape index (κ3) is 4.57. The van der Waals surface area contributed by atoms with Crippen LogP contribution < -0.4 is 5.32 Å². The fraction of sp³-hybridized carbons (Fsp3) is 0.333. The van der Waals surface area contributed by atoms with E-state index in [0.717, 1.165) is 5.56 Å². The van der Waals surface area contributed by atoms with Crippen molar-refractivity contribution < 1.29 is 13.2 Å². The molecule has 1 unspecified atom stereocenters. The number of pyridine rings is 1. The van der Waals surface area contributed by atoms with Crippen molar-refractivity contribution in [3.05, 3.63) is 59.8 Å². The number of amides is 1. The third-order valence-electron chi connectivity index (χ3n) is 4.20. The third-order valence-corrected chi connectivity index (χ3v) is 5.97. The van der Waals surface area contributed by atoms with E-state index in [-0.39, 0.29) is 23.5 Å². The Bertz CT molecular complexity index is 853. The van der Waals surface area contributed by atoms with Gasteiger partial charge in [-0.25, -0.2) is 13.4 Å². The summed E-state index contributed by atoms with van der Waals surface area (Å²) in [4.78, 5) is 18.5. The summed E-state index contributed by atoms with van der Waals surface area (Å²) in [5, 5.41) is 3.12. The van der Waals surface area contributed by atoms with Crippen LogP contribution in [0.15, 0.2) is 48.7 Å². The summed E-state index contributed by atoms with van der Waals surface area (Å²) in [6, 6.07) is 13.0. The molecule has 0 bridgehead atoms. The first kappa shape index (κ1) is 17.4. The van der Waals surface area contributed by atoms with Crippen LogP contribution in [0, 0.1) is 0 Å². The summed E-state index contributed by atoms with van der Waals surface area (Å²) in [7, 11) is -1.20. The van der Waals surface area contributed by atoms with Crippen molar-refractivity contribution in [2.75, 3.05) is 23.9 Å². The molecule has 1 aromatic carbocycles. The number of nitrogens with zero attached hydrogens (tertiary/aromatic N) is 2. The number of sulfone groups is 1. The summed E-state index contributed by atoms with van der Waals surface area (Å²) in [5.41, 5.74) is 1.58. The summed E-state index contributed by atoms with van der Waals surface area (Å²) in [6.07, 6.45) is 2.13. The Balaban J connectivity index is 1.67. The summed E-state index contributed by atoms with van der Waals surface area (Å²) in [6.45, 7) is 0.519. The fourth-order valence-electron chi connectivity index (χ4n) is 2.91. The minimum Gasteiger partial charge on any atom is -0.366 e. The normalized spacial score (nSPS) is 18.7. The second-order valence-electron chi connectivity index (χ2n) is 6.32. The summed E-state index contributed by atoms with van der Waals surface area (Å²) in [5.74, 6) is 0.735. The van der Waals surface area contributed by atoms with E-state index in [2.05, 4.69) is 10.3 Å². The zero-order valence-corrected chi connectivity index (χ0v) is 14.9. The lowest BCUT2D eigenvalue weighted by molar-refractivity contribution is 0.0785. The van der Waals surface area contributed by atoms with E-state index < -0.39 is 9.84 Å². The van der Waals surface area contributed by atoms with Gasteiger partial charge in [-0.05, 0) is 24.1 Å². The maximum Gasteiger partial charge on any atom is 0.254 e. The minimum absolute atomic E-state index is 0.103. The van der Waals surface area contributed by atoms with Crippen molar-refractivity contribution in [3.8, 4) is 0 Å². The zero-order chi connectivity index (χ0) is 17.9. The lowest BCUT2D eigenvalue weighted by Gasteiger charge is -2.18. The largest absolute Gasteiger partial charge is 0.366 e. The molecule has 1 aromatic heterocycles. The molecule has 1 aliphatic rings. The number of nitrogens with one attached hydrogen (secondary N) is 1. The number of benzene rings is 1. The number of carbonyl (C=O) groups is 1. The molecule has 6 nitrogen and oxygen atoms in total. The van der Waals surface area contributed by atoms with Crippen LogP contribution in [-0.2, 0) is 16.4 Å². The molecule has 7 heteroatoms. The Morgan fingerprint density at radius 3 is 2.72 bits per heavy atom. The number of rotatable bonds is 5. The topological polar surface area (TPSA) is 79.4 Å². The van der Waals surface area contributed by atoms with Crippen molar-refractivity contribution >= 4 is 21.6 Å². The van der Waals surface area contributed by atoms with Gasteiger partial charge in [0.25, 0.3) is 5.91 Å². The molecule has 1 aliphatic heterocycles. The number of hydrogen-bond donors (Lipinski definition) is 1. The first-order valence-corrected chi connectivity index (χ1v) is 9.97. The van der Waals surface area contributed by atoms with Gasteiger partial charge in [-0.3, -0.25) is 4.79 Å². The van der Waals surface area contributed by atoms with Crippen molar-refractivity contribution in [1.29, 1.82) is 0 Å². The van der Waals surface area contributed by atoms with E-state index in [1.165, 1.54) is 0 Å². The van der Waals surface area contributed by atoms with Crippen molar-refractivity contribution in [1.82, 2.24) is 9.88 Å². The first-order valence-electron chi connectivity index (χ1n) is 8.15. The number of anilines is 1. The maximum absolute atomic E-state index is 12.6. The maximum atomic E-state index is 12.6. The van der Waals surface area contributed by atoms with E-state index in [0.29, 0.717) is 24.3 Å². The Hall–Kier alpha value is -2.41. The van der Waals surface area contributed by atoms with E-state index in [1.54, 1.807) is 30.3 Å². The van der Waals surface area contributed by atoms with Crippen LogP contribution in [0.4, 0.5) is 5.82 Å². The van der Waals surface area contributed by atoms with Gasteiger partial charge in [0.15, 0.2) is 9.84 Å². The van der Waals surface area contributed by atoms with E-state index >= 15 is 0 Å². The second kappa shape index (κ2) is 7.23. The molecule has 0 saturated carbocycles. The minimum atomic E-state index is -2.96. The smallest absolute Gasteiger partial charge is 0.254 e. The highest BCUT2D eigenvalue weighted by molar-refractivity contribution is 7.91. The van der Waals surface area contributed by atoms with Gasteiger partial charge >= 0.3 is 0 Å². The van der Waals surface area contributed by atoms with Crippen LogP contribution >= 0.6 is 0 Å². The van der Waals surface area contributed by atoms with Gasteiger partial charge in [0, 0.05) is 31.4 Å². The Morgan fingerprint density at radius 1 is 1.28 bits per heavy atom. The highest BCUT2D eigenvalue weighted by Gasteiger charge is 2.28. The molecular formula is C18H21N3O3S. The quantitative estimate of drug-likeness (QED) is 0.883.